The summed E-state index contributed by atoms with van der Waals surface area (Å²) in [5.41, 5.74) is 3.74. The van der Waals surface area contributed by atoms with Gasteiger partial charge in [-0.15, -0.1) is 0 Å². The Labute approximate surface area is 145 Å². The topological polar surface area (TPSA) is 87.7 Å². The summed E-state index contributed by atoms with van der Waals surface area (Å²) in [4.78, 5) is 35.3. The molecule has 0 fully saturated rings. The molecular formula is C19H20N4O2. The number of H-pyrrole nitrogens is 1. The lowest BCUT2D eigenvalue weighted by molar-refractivity contribution is 0.0953. The summed E-state index contributed by atoms with van der Waals surface area (Å²) in [5.74, 6) is 0.397. The molecule has 2 heterocycles. The predicted octanol–water partition coefficient (Wildman–Crippen LogP) is 2.22. The number of aryl methyl sites for hydroxylation is 3. The van der Waals surface area contributed by atoms with Crippen LogP contribution in [0.3, 0.4) is 0 Å². The molecule has 2 N–H and O–H groups in total. The summed E-state index contributed by atoms with van der Waals surface area (Å²) in [7, 11) is 0. The van der Waals surface area contributed by atoms with Crippen LogP contribution in [0.2, 0.25) is 0 Å². The van der Waals surface area contributed by atoms with Crippen molar-refractivity contribution in [1.82, 2.24) is 20.3 Å². The van der Waals surface area contributed by atoms with Crippen LogP contribution >= 0.6 is 0 Å². The fraction of sp³-hybridized carbons (Fsp3) is 0.263. The molecular weight excluding hydrogens is 316 g/mol. The number of benzene rings is 1. The monoisotopic (exact) mass is 336 g/mol. The van der Waals surface area contributed by atoms with Gasteiger partial charge in [-0.25, -0.2) is 4.98 Å². The van der Waals surface area contributed by atoms with E-state index in [-0.39, 0.29) is 11.5 Å². The van der Waals surface area contributed by atoms with Crippen LogP contribution in [-0.4, -0.2) is 27.4 Å². The van der Waals surface area contributed by atoms with Crippen molar-refractivity contribution in [2.45, 2.75) is 27.2 Å². The summed E-state index contributed by atoms with van der Waals surface area (Å²) >= 11 is 0. The van der Waals surface area contributed by atoms with E-state index in [1.54, 1.807) is 6.92 Å². The van der Waals surface area contributed by atoms with Crippen molar-refractivity contribution in [3.8, 4) is 0 Å². The van der Waals surface area contributed by atoms with E-state index in [4.69, 9.17) is 0 Å². The molecule has 0 bridgehead atoms. The Hall–Kier alpha value is -3.02. The maximum absolute atomic E-state index is 12.5. The van der Waals surface area contributed by atoms with Gasteiger partial charge >= 0.3 is 0 Å². The first-order chi connectivity index (χ1) is 11.9. The lowest BCUT2D eigenvalue weighted by atomic mass is 10.1. The second-order valence-electron chi connectivity index (χ2n) is 6.15. The molecule has 3 aromatic rings. The summed E-state index contributed by atoms with van der Waals surface area (Å²) in [6, 6.07) is 9.30. The molecule has 2 aromatic heterocycles. The van der Waals surface area contributed by atoms with Gasteiger partial charge in [0.1, 0.15) is 5.82 Å². The van der Waals surface area contributed by atoms with Gasteiger partial charge in [0.15, 0.2) is 0 Å². The highest BCUT2D eigenvalue weighted by molar-refractivity contribution is 5.98. The van der Waals surface area contributed by atoms with Gasteiger partial charge in [0.25, 0.3) is 11.5 Å². The standard InChI is InChI=1S/C19H20N4O2/c1-11-4-5-17-14(8-11)9-16(12(2)21-17)19(25)20-7-6-15-10-18(24)23-13(3)22-15/h4-5,8-10H,6-7H2,1-3H3,(H,20,25)(H,22,23,24). The molecule has 1 amide bonds. The molecule has 3 rings (SSSR count). The van der Waals surface area contributed by atoms with Crippen molar-refractivity contribution in [2.75, 3.05) is 6.54 Å². The minimum atomic E-state index is -0.182. The average Bonchev–Trinajstić information content (AvgIpc) is 2.53. The Morgan fingerprint density at radius 2 is 1.92 bits per heavy atom. The normalized spacial score (nSPS) is 10.8. The first-order valence-corrected chi connectivity index (χ1v) is 8.15. The molecule has 0 radical (unpaired) electrons. The number of fused-ring (bicyclic) bond motifs is 1. The maximum atomic E-state index is 12.5. The molecule has 128 valence electrons. The Balaban J connectivity index is 1.73. The second kappa shape index (κ2) is 6.84. The molecule has 6 heteroatoms. The van der Waals surface area contributed by atoms with Crippen molar-refractivity contribution >= 4 is 16.8 Å². The number of carbonyl (C=O) groups is 1. The smallest absolute Gasteiger partial charge is 0.253 e. The SMILES string of the molecule is Cc1ccc2nc(C)c(C(=O)NCCc3cc(=O)[nH]c(C)n3)cc2c1. The second-order valence-corrected chi connectivity index (χ2v) is 6.15. The van der Waals surface area contributed by atoms with Crippen molar-refractivity contribution in [2.24, 2.45) is 0 Å². The van der Waals surface area contributed by atoms with Gasteiger partial charge in [-0.1, -0.05) is 11.6 Å². The summed E-state index contributed by atoms with van der Waals surface area (Å²) in [5, 5.41) is 3.82. The number of rotatable bonds is 4. The van der Waals surface area contributed by atoms with Crippen molar-refractivity contribution < 1.29 is 4.79 Å². The molecule has 0 atom stereocenters. The zero-order valence-corrected chi connectivity index (χ0v) is 14.5. The fourth-order valence-electron chi connectivity index (χ4n) is 2.79. The summed E-state index contributed by atoms with van der Waals surface area (Å²) in [6.07, 6.45) is 0.496. The Kier molecular flexibility index (Phi) is 4.61. The zero-order chi connectivity index (χ0) is 18.0. The first kappa shape index (κ1) is 16.8. The molecule has 1 aromatic carbocycles. The minimum Gasteiger partial charge on any atom is -0.352 e. The van der Waals surface area contributed by atoms with E-state index in [9.17, 15) is 9.59 Å². The van der Waals surface area contributed by atoms with Gasteiger partial charge in [0.2, 0.25) is 0 Å². The first-order valence-electron chi connectivity index (χ1n) is 8.15. The number of nitrogens with zero attached hydrogens (tertiary/aromatic N) is 2. The maximum Gasteiger partial charge on any atom is 0.253 e. The molecule has 0 unspecified atom stereocenters. The Morgan fingerprint density at radius 1 is 1.12 bits per heavy atom. The third-order valence-corrected chi connectivity index (χ3v) is 3.99. The van der Waals surface area contributed by atoms with Crippen molar-refractivity contribution in [1.29, 1.82) is 0 Å². The van der Waals surface area contributed by atoms with E-state index >= 15 is 0 Å². The lowest BCUT2D eigenvalue weighted by Gasteiger charge is -2.09. The highest BCUT2D eigenvalue weighted by Gasteiger charge is 2.11. The molecule has 0 aliphatic rings. The molecule has 0 saturated carbocycles. The van der Waals surface area contributed by atoms with Gasteiger partial charge < -0.3 is 10.3 Å². The summed E-state index contributed by atoms with van der Waals surface area (Å²) < 4.78 is 0. The Bertz CT molecular complexity index is 1010. The van der Waals surface area contributed by atoms with Crippen LogP contribution in [0.15, 0.2) is 35.1 Å². The number of carbonyl (C=O) groups excluding carboxylic acids is 1. The third-order valence-electron chi connectivity index (χ3n) is 3.99. The highest BCUT2D eigenvalue weighted by Crippen LogP contribution is 2.18. The Morgan fingerprint density at radius 3 is 2.68 bits per heavy atom. The van der Waals surface area contributed by atoms with Crippen LogP contribution < -0.4 is 10.9 Å². The zero-order valence-electron chi connectivity index (χ0n) is 14.5. The molecule has 25 heavy (non-hydrogen) atoms. The summed E-state index contributed by atoms with van der Waals surface area (Å²) in [6.45, 7) is 5.97. The highest BCUT2D eigenvalue weighted by atomic mass is 16.1. The number of aromatic nitrogens is 3. The number of nitrogens with one attached hydrogen (secondary N) is 2. The predicted molar refractivity (Wildman–Crippen MR) is 96.8 cm³/mol. The van der Waals surface area contributed by atoms with Crippen LogP contribution in [0.1, 0.15) is 33.1 Å². The van der Waals surface area contributed by atoms with Gasteiger partial charge in [-0.2, -0.15) is 0 Å². The van der Waals surface area contributed by atoms with Crippen LogP contribution in [0, 0.1) is 20.8 Å². The number of amides is 1. The van der Waals surface area contributed by atoms with Crippen LogP contribution in [0.4, 0.5) is 0 Å². The molecule has 6 nitrogen and oxygen atoms in total. The molecule has 0 aliphatic heterocycles. The van der Waals surface area contributed by atoms with Crippen molar-refractivity contribution in [3.63, 3.8) is 0 Å². The minimum absolute atomic E-state index is 0.171. The van der Waals surface area contributed by atoms with E-state index in [1.807, 2.05) is 38.1 Å². The van der Waals surface area contributed by atoms with Gasteiger partial charge in [0, 0.05) is 30.1 Å². The quantitative estimate of drug-likeness (QED) is 0.765. The van der Waals surface area contributed by atoms with E-state index in [0.717, 1.165) is 16.5 Å². The molecule has 0 saturated heterocycles. The van der Waals surface area contributed by atoms with E-state index in [0.29, 0.717) is 35.7 Å². The van der Waals surface area contributed by atoms with E-state index in [2.05, 4.69) is 20.3 Å². The van der Waals surface area contributed by atoms with E-state index < -0.39 is 0 Å². The molecule has 0 aliphatic carbocycles. The van der Waals surface area contributed by atoms with Gasteiger partial charge in [-0.3, -0.25) is 14.6 Å². The third kappa shape index (κ3) is 3.91. The average molecular weight is 336 g/mol. The number of hydrogen-bond donors (Lipinski definition) is 2. The van der Waals surface area contributed by atoms with Crippen LogP contribution in [0.25, 0.3) is 10.9 Å². The van der Waals surface area contributed by atoms with Gasteiger partial charge in [-0.05, 0) is 39.0 Å². The van der Waals surface area contributed by atoms with Crippen molar-refractivity contribution in [3.05, 3.63) is 69.0 Å². The number of pyridine rings is 1. The number of aromatic amines is 1. The largest absolute Gasteiger partial charge is 0.352 e. The van der Waals surface area contributed by atoms with Crippen LogP contribution in [0.5, 0.6) is 0 Å². The fourth-order valence-corrected chi connectivity index (χ4v) is 2.79. The van der Waals surface area contributed by atoms with E-state index in [1.165, 1.54) is 6.07 Å². The number of hydrogen-bond acceptors (Lipinski definition) is 4. The molecule has 0 spiro atoms. The van der Waals surface area contributed by atoms with Gasteiger partial charge in [0.05, 0.1) is 16.8 Å². The lowest BCUT2D eigenvalue weighted by Crippen LogP contribution is -2.27. The van der Waals surface area contributed by atoms with Crippen LogP contribution in [-0.2, 0) is 6.42 Å².